The average Bonchev–Trinajstić information content (AvgIpc) is 3.21. The molecule has 0 aliphatic carbocycles. The molecule has 142 valence electrons. The van der Waals surface area contributed by atoms with Crippen LogP contribution in [-0.2, 0) is 20.0 Å². The van der Waals surface area contributed by atoms with Gasteiger partial charge in [0.2, 0.25) is 0 Å². The molecule has 0 aliphatic heterocycles. The van der Waals surface area contributed by atoms with Crippen LogP contribution in [0.3, 0.4) is 0 Å². The Balaban J connectivity index is 1.49. The number of nitrogens with one attached hydrogen (secondary N) is 2. The number of anilines is 1. The number of hydrogen-bond donors (Lipinski definition) is 2. The Kier molecular flexibility index (Phi) is 5.74. The molecule has 8 nitrogen and oxygen atoms in total. The second kappa shape index (κ2) is 8.39. The van der Waals surface area contributed by atoms with Crippen molar-refractivity contribution >= 4 is 11.8 Å². The number of nitrogens with zero attached hydrogens (tertiary/aromatic N) is 5. The molecule has 0 radical (unpaired) electrons. The van der Waals surface area contributed by atoms with Gasteiger partial charge in [-0.05, 0) is 12.1 Å². The Hall–Kier alpha value is -3.30. The zero-order valence-corrected chi connectivity index (χ0v) is 14.6. The third-order valence-electron chi connectivity index (χ3n) is 3.78. The summed E-state index contributed by atoms with van der Waals surface area (Å²) in [5, 5.41) is 9.61. The molecular formula is C17H19F2N7O. The number of hydrogen-bond acceptors (Lipinski definition) is 4. The van der Waals surface area contributed by atoms with Crippen LogP contribution in [0.2, 0.25) is 0 Å². The van der Waals surface area contributed by atoms with E-state index in [1.165, 1.54) is 10.9 Å². The summed E-state index contributed by atoms with van der Waals surface area (Å²) in [6.07, 6.45) is 4.31. The van der Waals surface area contributed by atoms with E-state index in [9.17, 15) is 13.6 Å². The van der Waals surface area contributed by atoms with Crippen LogP contribution in [-0.4, -0.2) is 43.3 Å². The van der Waals surface area contributed by atoms with Crippen molar-refractivity contribution in [2.24, 2.45) is 7.05 Å². The number of amides is 2. The summed E-state index contributed by atoms with van der Waals surface area (Å²) in [6, 6.07) is 5.08. The maximum absolute atomic E-state index is 12.3. The van der Waals surface area contributed by atoms with Crippen LogP contribution in [0.4, 0.5) is 19.4 Å². The van der Waals surface area contributed by atoms with E-state index in [0.717, 1.165) is 11.3 Å². The van der Waals surface area contributed by atoms with Crippen LogP contribution in [0.15, 0.2) is 43.1 Å². The van der Waals surface area contributed by atoms with Gasteiger partial charge >= 0.3 is 6.03 Å². The molecule has 0 atom stereocenters. The monoisotopic (exact) mass is 375 g/mol. The molecule has 0 unspecified atom stereocenters. The number of pyridine rings is 1. The van der Waals surface area contributed by atoms with Crippen molar-refractivity contribution in [3.63, 3.8) is 0 Å². The number of imidazole rings is 1. The zero-order valence-electron chi connectivity index (χ0n) is 14.6. The second-order valence-electron chi connectivity index (χ2n) is 5.86. The first-order valence-corrected chi connectivity index (χ1v) is 8.29. The van der Waals surface area contributed by atoms with E-state index in [1.54, 1.807) is 36.4 Å². The standard InChI is InChI=1S/C17H19F2N7O/c1-25-14(12-3-2-5-20-8-12)7-16(24-25)23-17(27)21-6-4-13-9-26(11-22-13)10-15(18)19/h2-3,5,7-9,11,15H,4,6,10H2,1H3,(H2,21,23,24,27). The Bertz CT molecular complexity index is 892. The first-order valence-electron chi connectivity index (χ1n) is 8.29. The minimum Gasteiger partial charge on any atom is -0.337 e. The van der Waals surface area contributed by atoms with E-state index >= 15 is 0 Å². The van der Waals surface area contributed by atoms with E-state index in [2.05, 4.69) is 25.7 Å². The zero-order chi connectivity index (χ0) is 19.2. The van der Waals surface area contributed by atoms with Crippen LogP contribution in [0, 0.1) is 0 Å². The Labute approximate surface area is 154 Å². The van der Waals surface area contributed by atoms with Gasteiger partial charge in [0.1, 0.15) is 0 Å². The lowest BCUT2D eigenvalue weighted by Gasteiger charge is -2.04. The van der Waals surface area contributed by atoms with Gasteiger partial charge in [0.15, 0.2) is 5.82 Å². The molecule has 27 heavy (non-hydrogen) atoms. The Morgan fingerprint density at radius 3 is 2.96 bits per heavy atom. The number of urea groups is 1. The highest BCUT2D eigenvalue weighted by molar-refractivity contribution is 5.88. The van der Waals surface area contributed by atoms with Crippen molar-refractivity contribution in [3.05, 3.63) is 48.8 Å². The van der Waals surface area contributed by atoms with Crippen LogP contribution >= 0.6 is 0 Å². The highest BCUT2D eigenvalue weighted by Gasteiger charge is 2.10. The molecule has 10 heteroatoms. The quantitative estimate of drug-likeness (QED) is 0.663. The first kappa shape index (κ1) is 18.5. The van der Waals surface area contributed by atoms with E-state index in [4.69, 9.17) is 0 Å². The third kappa shape index (κ3) is 5.09. The summed E-state index contributed by atoms with van der Waals surface area (Å²) < 4.78 is 27.6. The van der Waals surface area contributed by atoms with Gasteiger partial charge in [-0.3, -0.25) is 15.0 Å². The Morgan fingerprint density at radius 2 is 2.22 bits per heavy atom. The van der Waals surface area contributed by atoms with Crippen molar-refractivity contribution in [1.29, 1.82) is 0 Å². The van der Waals surface area contributed by atoms with Crippen LogP contribution in [0.5, 0.6) is 0 Å². The summed E-state index contributed by atoms with van der Waals surface area (Å²) in [5.41, 5.74) is 2.34. The van der Waals surface area contributed by atoms with Crippen molar-refractivity contribution < 1.29 is 13.6 Å². The summed E-state index contributed by atoms with van der Waals surface area (Å²) in [6.45, 7) is -0.0698. The molecule has 0 spiro atoms. The average molecular weight is 375 g/mol. The van der Waals surface area contributed by atoms with Gasteiger partial charge < -0.3 is 9.88 Å². The number of carbonyl (C=O) groups is 1. The topological polar surface area (TPSA) is 89.7 Å². The molecule has 2 amide bonds. The molecule has 2 N–H and O–H groups in total. The summed E-state index contributed by atoms with van der Waals surface area (Å²) in [7, 11) is 1.78. The van der Waals surface area contributed by atoms with Crippen LogP contribution in [0.25, 0.3) is 11.3 Å². The van der Waals surface area contributed by atoms with E-state index in [-0.39, 0.29) is 6.54 Å². The lowest BCUT2D eigenvalue weighted by molar-refractivity contribution is 0.126. The maximum Gasteiger partial charge on any atom is 0.320 e. The molecule has 0 bridgehead atoms. The molecule has 3 heterocycles. The smallest absolute Gasteiger partial charge is 0.320 e. The van der Waals surface area contributed by atoms with Gasteiger partial charge in [-0.2, -0.15) is 5.10 Å². The number of aromatic nitrogens is 5. The van der Waals surface area contributed by atoms with Gasteiger partial charge in [0, 0.05) is 50.2 Å². The predicted molar refractivity (Wildman–Crippen MR) is 95.4 cm³/mol. The van der Waals surface area contributed by atoms with Gasteiger partial charge in [0.05, 0.1) is 24.3 Å². The van der Waals surface area contributed by atoms with Crippen molar-refractivity contribution in [2.75, 3.05) is 11.9 Å². The molecule has 0 saturated heterocycles. The van der Waals surface area contributed by atoms with Gasteiger partial charge in [-0.15, -0.1) is 0 Å². The normalized spacial score (nSPS) is 11.0. The molecule has 3 rings (SSSR count). The predicted octanol–water partition coefficient (Wildman–Crippen LogP) is 2.31. The maximum atomic E-state index is 12.3. The second-order valence-corrected chi connectivity index (χ2v) is 5.86. The summed E-state index contributed by atoms with van der Waals surface area (Å²) in [5.74, 6) is 0.412. The SMILES string of the molecule is Cn1nc(NC(=O)NCCc2cn(CC(F)F)cn2)cc1-c1cccnc1. The fourth-order valence-electron chi connectivity index (χ4n) is 2.57. The Morgan fingerprint density at radius 1 is 1.37 bits per heavy atom. The summed E-state index contributed by atoms with van der Waals surface area (Å²) in [4.78, 5) is 20.1. The van der Waals surface area contributed by atoms with Gasteiger partial charge in [-0.25, -0.2) is 18.6 Å². The van der Waals surface area contributed by atoms with Crippen LogP contribution in [0.1, 0.15) is 5.69 Å². The molecule has 3 aromatic heterocycles. The molecule has 3 aromatic rings. The number of aryl methyl sites for hydroxylation is 1. The molecule has 0 saturated carbocycles. The van der Waals surface area contributed by atoms with Gasteiger partial charge in [0.25, 0.3) is 6.43 Å². The minimum absolute atomic E-state index is 0.319. The van der Waals surface area contributed by atoms with Crippen molar-refractivity contribution in [1.82, 2.24) is 29.6 Å². The van der Waals surface area contributed by atoms with Gasteiger partial charge in [-0.1, -0.05) is 0 Å². The van der Waals surface area contributed by atoms with Crippen molar-refractivity contribution in [2.45, 2.75) is 19.4 Å². The highest BCUT2D eigenvalue weighted by Crippen LogP contribution is 2.20. The summed E-state index contributed by atoms with van der Waals surface area (Å²) >= 11 is 0. The third-order valence-corrected chi connectivity index (χ3v) is 3.78. The number of rotatable bonds is 7. The van der Waals surface area contributed by atoms with E-state index < -0.39 is 12.5 Å². The van der Waals surface area contributed by atoms with E-state index in [0.29, 0.717) is 24.5 Å². The van der Waals surface area contributed by atoms with Crippen molar-refractivity contribution in [3.8, 4) is 11.3 Å². The number of carbonyl (C=O) groups excluding carboxylic acids is 1. The largest absolute Gasteiger partial charge is 0.337 e. The highest BCUT2D eigenvalue weighted by atomic mass is 19.3. The molecule has 0 fully saturated rings. The lowest BCUT2D eigenvalue weighted by atomic mass is 10.2. The fraction of sp³-hybridized carbons (Fsp3) is 0.294. The molecule has 0 aliphatic rings. The molecule has 0 aromatic carbocycles. The van der Waals surface area contributed by atoms with Crippen LogP contribution < -0.4 is 10.6 Å². The number of halogens is 2. The lowest BCUT2D eigenvalue weighted by Crippen LogP contribution is -2.30. The molecular weight excluding hydrogens is 356 g/mol. The number of alkyl halides is 2. The minimum atomic E-state index is -2.43. The van der Waals surface area contributed by atoms with E-state index in [1.807, 2.05) is 12.1 Å². The first-order chi connectivity index (χ1) is 13.0. The fourth-order valence-corrected chi connectivity index (χ4v) is 2.57.